The van der Waals surface area contributed by atoms with E-state index in [-0.39, 0.29) is 6.04 Å². The van der Waals surface area contributed by atoms with Gasteiger partial charge in [-0.1, -0.05) is 26.0 Å². The van der Waals surface area contributed by atoms with E-state index < -0.39 is 0 Å². The highest BCUT2D eigenvalue weighted by molar-refractivity contribution is 5.37. The number of rotatable bonds is 6. The van der Waals surface area contributed by atoms with E-state index in [4.69, 9.17) is 10.5 Å². The molecule has 1 aromatic heterocycles. The number of benzene rings is 1. The van der Waals surface area contributed by atoms with Crippen LogP contribution in [0.25, 0.3) is 0 Å². The van der Waals surface area contributed by atoms with Crippen molar-refractivity contribution in [2.75, 3.05) is 0 Å². The van der Waals surface area contributed by atoms with Gasteiger partial charge in [0.25, 0.3) is 0 Å². The van der Waals surface area contributed by atoms with Crippen LogP contribution >= 0.6 is 0 Å². The lowest BCUT2D eigenvalue weighted by atomic mass is 10.1. The second-order valence-corrected chi connectivity index (χ2v) is 5.85. The standard InChI is InChI=1S/C16H24N4O/c1-11(2)8-20-16(18-10-19-20)9-21-15-6-5-14(13(4)17)7-12(15)3/h5-7,10-11,13H,8-9,17H2,1-4H3/t13-/m1/s1. The molecule has 114 valence electrons. The zero-order valence-corrected chi connectivity index (χ0v) is 13.2. The third-order valence-corrected chi connectivity index (χ3v) is 3.32. The normalized spacial score (nSPS) is 12.7. The maximum absolute atomic E-state index is 5.89. The number of hydrogen-bond donors (Lipinski definition) is 1. The van der Waals surface area contributed by atoms with Crippen LogP contribution < -0.4 is 10.5 Å². The van der Waals surface area contributed by atoms with Gasteiger partial charge >= 0.3 is 0 Å². The highest BCUT2D eigenvalue weighted by atomic mass is 16.5. The van der Waals surface area contributed by atoms with Gasteiger partial charge in [-0.05, 0) is 37.0 Å². The van der Waals surface area contributed by atoms with Crippen LogP contribution in [-0.2, 0) is 13.2 Å². The summed E-state index contributed by atoms with van der Waals surface area (Å²) in [5, 5.41) is 4.24. The second kappa shape index (κ2) is 6.72. The van der Waals surface area contributed by atoms with Gasteiger partial charge in [0.15, 0.2) is 5.82 Å². The van der Waals surface area contributed by atoms with Crippen LogP contribution in [-0.4, -0.2) is 14.8 Å². The van der Waals surface area contributed by atoms with Crippen molar-refractivity contribution in [1.82, 2.24) is 14.8 Å². The molecule has 0 radical (unpaired) electrons. The summed E-state index contributed by atoms with van der Waals surface area (Å²) in [6.07, 6.45) is 1.58. The second-order valence-electron chi connectivity index (χ2n) is 5.85. The molecule has 2 N–H and O–H groups in total. The molecular weight excluding hydrogens is 264 g/mol. The molecule has 0 spiro atoms. The summed E-state index contributed by atoms with van der Waals surface area (Å²) in [6, 6.07) is 6.08. The summed E-state index contributed by atoms with van der Waals surface area (Å²) < 4.78 is 7.77. The van der Waals surface area contributed by atoms with Crippen molar-refractivity contribution in [3.05, 3.63) is 41.5 Å². The topological polar surface area (TPSA) is 66.0 Å². The Morgan fingerprint density at radius 2 is 2.05 bits per heavy atom. The van der Waals surface area contributed by atoms with Crippen LogP contribution in [0.3, 0.4) is 0 Å². The highest BCUT2D eigenvalue weighted by Crippen LogP contribution is 2.22. The monoisotopic (exact) mass is 288 g/mol. The number of nitrogens with two attached hydrogens (primary N) is 1. The van der Waals surface area contributed by atoms with Crippen molar-refractivity contribution in [3.63, 3.8) is 0 Å². The zero-order valence-electron chi connectivity index (χ0n) is 13.2. The van der Waals surface area contributed by atoms with E-state index in [1.165, 1.54) is 0 Å². The minimum absolute atomic E-state index is 0.0342. The first-order valence-electron chi connectivity index (χ1n) is 7.33. The Kier molecular flexibility index (Phi) is 4.96. The van der Waals surface area contributed by atoms with Crippen molar-refractivity contribution >= 4 is 0 Å². The summed E-state index contributed by atoms with van der Waals surface area (Å²) in [5.41, 5.74) is 8.08. The smallest absolute Gasteiger partial charge is 0.164 e. The molecule has 21 heavy (non-hydrogen) atoms. The molecule has 1 heterocycles. The Labute approximate surface area is 126 Å². The maximum Gasteiger partial charge on any atom is 0.164 e. The first-order chi connectivity index (χ1) is 9.97. The molecule has 0 bridgehead atoms. The number of ether oxygens (including phenoxy) is 1. The first-order valence-corrected chi connectivity index (χ1v) is 7.33. The summed E-state index contributed by atoms with van der Waals surface area (Å²) >= 11 is 0. The molecule has 0 saturated carbocycles. The molecule has 1 aromatic carbocycles. The molecule has 5 nitrogen and oxygen atoms in total. The average Bonchev–Trinajstić information content (AvgIpc) is 2.83. The molecule has 2 rings (SSSR count). The fraction of sp³-hybridized carbons (Fsp3) is 0.500. The fourth-order valence-electron chi connectivity index (χ4n) is 2.16. The third kappa shape index (κ3) is 4.04. The number of hydrogen-bond acceptors (Lipinski definition) is 4. The molecule has 0 fully saturated rings. The van der Waals surface area contributed by atoms with E-state index in [0.717, 1.165) is 29.2 Å². The van der Waals surface area contributed by atoms with E-state index in [1.807, 2.05) is 30.7 Å². The van der Waals surface area contributed by atoms with Gasteiger partial charge < -0.3 is 10.5 Å². The quantitative estimate of drug-likeness (QED) is 0.887. The Morgan fingerprint density at radius 3 is 2.67 bits per heavy atom. The Hall–Kier alpha value is -1.88. The molecule has 2 aromatic rings. The summed E-state index contributed by atoms with van der Waals surface area (Å²) in [4.78, 5) is 4.27. The van der Waals surface area contributed by atoms with Crippen LogP contribution in [0.1, 0.15) is 43.8 Å². The molecule has 0 aliphatic heterocycles. The van der Waals surface area contributed by atoms with Gasteiger partial charge in [0.1, 0.15) is 18.7 Å². The number of aromatic nitrogens is 3. The summed E-state index contributed by atoms with van der Waals surface area (Å²) in [6.45, 7) is 9.59. The van der Waals surface area contributed by atoms with Crippen LogP contribution in [0, 0.1) is 12.8 Å². The van der Waals surface area contributed by atoms with E-state index in [1.54, 1.807) is 6.33 Å². The molecule has 0 amide bonds. The maximum atomic E-state index is 5.89. The van der Waals surface area contributed by atoms with E-state index >= 15 is 0 Å². The van der Waals surface area contributed by atoms with Gasteiger partial charge in [0.2, 0.25) is 0 Å². The largest absolute Gasteiger partial charge is 0.485 e. The SMILES string of the molecule is Cc1cc([C@@H](C)N)ccc1OCc1ncnn1CC(C)C. The number of aryl methyl sites for hydroxylation is 1. The lowest BCUT2D eigenvalue weighted by Gasteiger charge is -2.13. The Bertz CT molecular complexity index is 590. The van der Waals surface area contributed by atoms with Gasteiger partial charge in [0.05, 0.1) is 0 Å². The van der Waals surface area contributed by atoms with Crippen molar-refractivity contribution in [2.24, 2.45) is 11.7 Å². The van der Waals surface area contributed by atoms with Crippen LogP contribution in [0.15, 0.2) is 24.5 Å². The van der Waals surface area contributed by atoms with Crippen molar-refractivity contribution < 1.29 is 4.74 Å². The minimum Gasteiger partial charge on any atom is -0.485 e. The summed E-state index contributed by atoms with van der Waals surface area (Å²) in [7, 11) is 0. The summed E-state index contributed by atoms with van der Waals surface area (Å²) in [5.74, 6) is 2.23. The van der Waals surface area contributed by atoms with Crippen LogP contribution in [0.5, 0.6) is 5.75 Å². The highest BCUT2D eigenvalue weighted by Gasteiger charge is 2.09. The zero-order chi connectivity index (χ0) is 15.4. The molecule has 0 unspecified atom stereocenters. The number of nitrogens with zero attached hydrogens (tertiary/aromatic N) is 3. The lowest BCUT2D eigenvalue weighted by Crippen LogP contribution is -2.12. The predicted molar refractivity (Wildman–Crippen MR) is 83.0 cm³/mol. The van der Waals surface area contributed by atoms with Gasteiger partial charge in [-0.3, -0.25) is 0 Å². The van der Waals surface area contributed by atoms with Crippen LogP contribution in [0.4, 0.5) is 0 Å². The predicted octanol–water partition coefficient (Wildman–Crippen LogP) is 2.84. The first kappa shape index (κ1) is 15.5. The molecule has 0 aliphatic carbocycles. The average molecular weight is 288 g/mol. The molecule has 5 heteroatoms. The Balaban J connectivity index is 2.05. The fourth-order valence-corrected chi connectivity index (χ4v) is 2.16. The van der Waals surface area contributed by atoms with Gasteiger partial charge in [-0.2, -0.15) is 5.10 Å². The molecular formula is C16H24N4O. The molecule has 0 aliphatic rings. The molecule has 0 saturated heterocycles. The van der Waals surface area contributed by atoms with Crippen molar-refractivity contribution in [2.45, 2.75) is 46.9 Å². The van der Waals surface area contributed by atoms with Crippen molar-refractivity contribution in [3.8, 4) is 5.75 Å². The minimum atomic E-state index is 0.0342. The van der Waals surface area contributed by atoms with Crippen molar-refractivity contribution in [1.29, 1.82) is 0 Å². The third-order valence-electron chi connectivity index (χ3n) is 3.32. The van der Waals surface area contributed by atoms with Gasteiger partial charge in [-0.15, -0.1) is 0 Å². The van der Waals surface area contributed by atoms with Gasteiger partial charge in [-0.25, -0.2) is 9.67 Å². The van der Waals surface area contributed by atoms with Crippen LogP contribution in [0.2, 0.25) is 0 Å². The lowest BCUT2D eigenvalue weighted by molar-refractivity contribution is 0.281. The van der Waals surface area contributed by atoms with E-state index in [9.17, 15) is 0 Å². The van der Waals surface area contributed by atoms with E-state index in [2.05, 4.69) is 30.0 Å². The van der Waals surface area contributed by atoms with E-state index in [0.29, 0.717) is 12.5 Å². The molecule has 1 atom stereocenters. The van der Waals surface area contributed by atoms with Gasteiger partial charge in [0, 0.05) is 12.6 Å². The Morgan fingerprint density at radius 1 is 1.29 bits per heavy atom.